The second-order valence-electron chi connectivity index (χ2n) is 3.64. The van der Waals surface area contributed by atoms with Crippen molar-refractivity contribution < 1.29 is 27.4 Å². The van der Waals surface area contributed by atoms with Crippen molar-refractivity contribution in [2.75, 3.05) is 0 Å². The van der Waals surface area contributed by atoms with E-state index in [4.69, 9.17) is 23.4 Å². The van der Waals surface area contributed by atoms with Crippen molar-refractivity contribution in [1.29, 1.82) is 0 Å². The Morgan fingerprint density at radius 1 is 1.10 bits per heavy atom. The molecule has 8 nitrogen and oxygen atoms in total. The summed E-state index contributed by atoms with van der Waals surface area (Å²) in [7, 11) is -4.67. The third-order valence-electron chi connectivity index (χ3n) is 2.24. The number of fused-ring (bicyclic) bond motifs is 1. The maximum absolute atomic E-state index is 11.3. The van der Waals surface area contributed by atoms with E-state index in [1.54, 1.807) is 12.1 Å². The SMILES string of the molecule is NNC(=O)c1cc2ccccc2cc1O.O=S(=O)(O)O. The van der Waals surface area contributed by atoms with E-state index >= 15 is 0 Å². The highest BCUT2D eigenvalue weighted by molar-refractivity contribution is 7.79. The molecule has 0 aliphatic carbocycles. The van der Waals surface area contributed by atoms with Gasteiger partial charge in [0, 0.05) is 0 Å². The number of hydrogen-bond acceptors (Lipinski definition) is 5. The second-order valence-corrected chi connectivity index (χ2v) is 4.53. The topological polar surface area (TPSA) is 150 Å². The first-order chi connectivity index (χ1) is 9.22. The highest BCUT2D eigenvalue weighted by atomic mass is 32.3. The molecule has 0 spiro atoms. The van der Waals surface area contributed by atoms with Gasteiger partial charge in [0.15, 0.2) is 0 Å². The van der Waals surface area contributed by atoms with Crippen LogP contribution in [0.15, 0.2) is 36.4 Å². The minimum Gasteiger partial charge on any atom is -0.507 e. The highest BCUT2D eigenvalue weighted by Crippen LogP contribution is 2.24. The molecule has 1 amide bonds. The lowest BCUT2D eigenvalue weighted by Gasteiger charge is -2.05. The number of phenolic OH excluding ortho intramolecular Hbond substituents is 1. The molecule has 0 aliphatic rings. The molecule has 0 saturated carbocycles. The van der Waals surface area contributed by atoms with Gasteiger partial charge in [-0.3, -0.25) is 19.3 Å². The first-order valence-electron chi connectivity index (χ1n) is 5.15. The van der Waals surface area contributed by atoms with Gasteiger partial charge in [0.1, 0.15) is 5.75 Å². The molecule has 0 bridgehead atoms. The summed E-state index contributed by atoms with van der Waals surface area (Å²) in [6, 6.07) is 10.6. The summed E-state index contributed by atoms with van der Waals surface area (Å²) in [6.07, 6.45) is 0. The predicted molar refractivity (Wildman–Crippen MR) is 71.4 cm³/mol. The molecule has 2 aromatic rings. The summed E-state index contributed by atoms with van der Waals surface area (Å²) in [5, 5.41) is 11.4. The zero-order valence-corrected chi connectivity index (χ0v) is 10.8. The van der Waals surface area contributed by atoms with Crippen LogP contribution < -0.4 is 11.3 Å². The lowest BCUT2D eigenvalue weighted by Crippen LogP contribution is -2.29. The molecule has 6 N–H and O–H groups in total. The Morgan fingerprint density at radius 3 is 2.00 bits per heavy atom. The van der Waals surface area contributed by atoms with E-state index in [9.17, 15) is 9.90 Å². The van der Waals surface area contributed by atoms with Crippen molar-refractivity contribution in [3.05, 3.63) is 42.0 Å². The minimum absolute atomic E-state index is 0.0725. The van der Waals surface area contributed by atoms with Crippen LogP contribution in [0.2, 0.25) is 0 Å². The van der Waals surface area contributed by atoms with E-state index < -0.39 is 16.3 Å². The molecule has 108 valence electrons. The van der Waals surface area contributed by atoms with E-state index in [1.807, 2.05) is 29.7 Å². The Hall–Kier alpha value is -2.20. The number of nitrogens with two attached hydrogens (primary N) is 1. The van der Waals surface area contributed by atoms with Crippen molar-refractivity contribution in [3.63, 3.8) is 0 Å². The summed E-state index contributed by atoms with van der Waals surface area (Å²) in [6.45, 7) is 0. The van der Waals surface area contributed by atoms with E-state index in [0.29, 0.717) is 0 Å². The molecule has 0 atom stereocenters. The lowest BCUT2D eigenvalue weighted by atomic mass is 10.1. The number of nitrogens with one attached hydrogen (secondary N) is 1. The quantitative estimate of drug-likeness (QED) is 0.222. The molecule has 0 radical (unpaired) electrons. The van der Waals surface area contributed by atoms with Crippen LogP contribution in [-0.4, -0.2) is 28.5 Å². The van der Waals surface area contributed by atoms with Gasteiger partial charge in [0.2, 0.25) is 0 Å². The first kappa shape index (κ1) is 15.9. The average molecular weight is 300 g/mol. The summed E-state index contributed by atoms with van der Waals surface area (Å²) >= 11 is 0. The monoisotopic (exact) mass is 300 g/mol. The molecular weight excluding hydrogens is 288 g/mol. The van der Waals surface area contributed by atoms with Crippen molar-refractivity contribution >= 4 is 27.1 Å². The Bertz CT molecular complexity index is 721. The van der Waals surface area contributed by atoms with E-state index in [1.165, 1.54) is 0 Å². The fourth-order valence-electron chi connectivity index (χ4n) is 1.49. The van der Waals surface area contributed by atoms with Crippen molar-refractivity contribution in [2.24, 2.45) is 5.84 Å². The van der Waals surface area contributed by atoms with Gasteiger partial charge in [-0.15, -0.1) is 0 Å². The largest absolute Gasteiger partial charge is 0.507 e. The number of hydrogen-bond donors (Lipinski definition) is 5. The molecule has 0 aliphatic heterocycles. The highest BCUT2D eigenvalue weighted by Gasteiger charge is 2.10. The van der Waals surface area contributed by atoms with E-state index in [2.05, 4.69) is 0 Å². The number of benzene rings is 2. The minimum atomic E-state index is -4.67. The van der Waals surface area contributed by atoms with Gasteiger partial charge in [-0.05, 0) is 22.9 Å². The van der Waals surface area contributed by atoms with Crippen LogP contribution in [-0.2, 0) is 10.4 Å². The Balaban J connectivity index is 0.000000347. The molecule has 2 rings (SSSR count). The number of carbonyl (C=O) groups excluding carboxylic acids is 1. The van der Waals surface area contributed by atoms with Crippen molar-refractivity contribution in [3.8, 4) is 5.75 Å². The molecule has 0 heterocycles. The molecule has 2 aromatic carbocycles. The third-order valence-corrected chi connectivity index (χ3v) is 2.24. The number of aromatic hydroxyl groups is 1. The maximum Gasteiger partial charge on any atom is 0.394 e. The predicted octanol–water partition coefficient (Wildman–Crippen LogP) is 0.496. The van der Waals surface area contributed by atoms with Crippen molar-refractivity contribution in [2.45, 2.75) is 0 Å². The van der Waals surface area contributed by atoms with Crippen LogP contribution in [0.4, 0.5) is 0 Å². The molecule has 0 unspecified atom stereocenters. The van der Waals surface area contributed by atoms with Crippen LogP contribution >= 0.6 is 0 Å². The number of rotatable bonds is 1. The van der Waals surface area contributed by atoms with Crippen molar-refractivity contribution in [1.82, 2.24) is 5.43 Å². The fourth-order valence-corrected chi connectivity index (χ4v) is 1.49. The number of phenols is 1. The number of nitrogen functional groups attached to an aromatic ring is 1. The van der Waals surface area contributed by atoms with Crippen LogP contribution in [0, 0.1) is 0 Å². The number of carbonyl (C=O) groups is 1. The summed E-state index contributed by atoms with van der Waals surface area (Å²) < 4.78 is 31.6. The van der Waals surface area contributed by atoms with Crippen LogP contribution in [0.3, 0.4) is 0 Å². The molecular formula is C11H12N2O6S. The van der Waals surface area contributed by atoms with Crippen LogP contribution in [0.1, 0.15) is 10.4 Å². The standard InChI is InChI=1S/C11H10N2O2.H2O4S/c12-13-11(15)9-5-7-3-1-2-4-8(7)6-10(9)14;1-5(2,3)4/h1-6,14H,12H2,(H,13,15);(H2,1,2,3,4). The normalized spacial score (nSPS) is 10.6. The smallest absolute Gasteiger partial charge is 0.394 e. The van der Waals surface area contributed by atoms with E-state index in [0.717, 1.165) is 10.8 Å². The Labute approximate surface area is 114 Å². The summed E-state index contributed by atoms with van der Waals surface area (Å²) in [5.41, 5.74) is 2.16. The van der Waals surface area contributed by atoms with Gasteiger partial charge < -0.3 is 5.11 Å². The van der Waals surface area contributed by atoms with Gasteiger partial charge in [0.05, 0.1) is 5.56 Å². The Morgan fingerprint density at radius 2 is 1.55 bits per heavy atom. The molecule has 20 heavy (non-hydrogen) atoms. The number of amides is 1. The first-order valence-corrected chi connectivity index (χ1v) is 6.54. The number of hydrazine groups is 1. The van der Waals surface area contributed by atoms with Gasteiger partial charge >= 0.3 is 10.4 Å². The third kappa shape index (κ3) is 4.82. The molecule has 0 fully saturated rings. The van der Waals surface area contributed by atoms with Gasteiger partial charge in [-0.25, -0.2) is 5.84 Å². The van der Waals surface area contributed by atoms with Gasteiger partial charge in [-0.1, -0.05) is 24.3 Å². The summed E-state index contributed by atoms with van der Waals surface area (Å²) in [5.74, 6) is 4.43. The lowest BCUT2D eigenvalue weighted by molar-refractivity contribution is 0.0951. The zero-order valence-electron chi connectivity index (χ0n) is 10.0. The van der Waals surface area contributed by atoms with Gasteiger partial charge in [0.25, 0.3) is 5.91 Å². The van der Waals surface area contributed by atoms with Crippen LogP contribution in [0.25, 0.3) is 10.8 Å². The average Bonchev–Trinajstić information content (AvgIpc) is 2.35. The fraction of sp³-hybridized carbons (Fsp3) is 0. The Kier molecular flexibility index (Phi) is 5.00. The second kappa shape index (κ2) is 6.30. The van der Waals surface area contributed by atoms with Crippen LogP contribution in [0.5, 0.6) is 5.75 Å². The molecule has 9 heteroatoms. The maximum atomic E-state index is 11.3. The van der Waals surface area contributed by atoms with Gasteiger partial charge in [-0.2, -0.15) is 8.42 Å². The van der Waals surface area contributed by atoms with E-state index in [-0.39, 0.29) is 11.3 Å². The zero-order chi connectivity index (χ0) is 15.3. The summed E-state index contributed by atoms with van der Waals surface area (Å²) in [4.78, 5) is 11.3. The molecule has 0 saturated heterocycles. The molecule has 0 aromatic heterocycles.